The zero-order valence-electron chi connectivity index (χ0n) is 12.4. The molecular weight excluding hydrogens is 236 g/mol. The van der Waals surface area contributed by atoms with Gasteiger partial charge in [-0.3, -0.25) is 0 Å². The van der Waals surface area contributed by atoms with Gasteiger partial charge in [-0.25, -0.2) is 0 Å². The third-order valence-corrected chi connectivity index (χ3v) is 3.76. The maximum atomic E-state index is 5.59. The lowest BCUT2D eigenvalue weighted by atomic mass is 10.0. The first-order valence-electron chi connectivity index (χ1n) is 7.44. The van der Waals surface area contributed by atoms with Crippen molar-refractivity contribution in [2.24, 2.45) is 0 Å². The average molecular weight is 262 g/mol. The van der Waals surface area contributed by atoms with Crippen LogP contribution >= 0.6 is 0 Å². The van der Waals surface area contributed by atoms with Gasteiger partial charge in [0.2, 0.25) is 0 Å². The van der Waals surface area contributed by atoms with E-state index in [1.54, 1.807) is 0 Å². The monoisotopic (exact) mass is 262 g/mol. The minimum atomic E-state index is 0.332. The molecule has 2 rings (SSSR count). The molecule has 1 heterocycles. The first-order valence-corrected chi connectivity index (χ1v) is 7.44. The number of anilines is 1. The van der Waals surface area contributed by atoms with Gasteiger partial charge in [0.05, 0.1) is 12.7 Å². The van der Waals surface area contributed by atoms with Crippen molar-refractivity contribution in [1.82, 2.24) is 5.32 Å². The molecule has 0 aromatic heterocycles. The number of morpholine rings is 1. The van der Waals surface area contributed by atoms with Crippen LogP contribution in [0.1, 0.15) is 38.8 Å². The quantitative estimate of drug-likeness (QED) is 0.883. The molecule has 1 N–H and O–H groups in total. The smallest absolute Gasteiger partial charge is 0.0722 e. The van der Waals surface area contributed by atoms with E-state index in [1.807, 2.05) is 0 Å². The Labute approximate surface area is 116 Å². The summed E-state index contributed by atoms with van der Waals surface area (Å²) in [4.78, 5) is 2.41. The van der Waals surface area contributed by atoms with Crippen molar-refractivity contribution in [3.63, 3.8) is 0 Å². The third-order valence-electron chi connectivity index (χ3n) is 3.76. The van der Waals surface area contributed by atoms with Crippen LogP contribution in [0.4, 0.5) is 5.69 Å². The minimum absolute atomic E-state index is 0.332. The summed E-state index contributed by atoms with van der Waals surface area (Å²) in [5, 5.41) is 3.52. The Kier molecular flexibility index (Phi) is 5.23. The highest BCUT2D eigenvalue weighted by Gasteiger charge is 2.17. The van der Waals surface area contributed by atoms with Gasteiger partial charge >= 0.3 is 0 Å². The van der Waals surface area contributed by atoms with E-state index in [1.165, 1.54) is 11.3 Å². The van der Waals surface area contributed by atoms with E-state index >= 15 is 0 Å². The Morgan fingerprint density at radius 2 is 2.05 bits per heavy atom. The van der Waals surface area contributed by atoms with Crippen LogP contribution in [0.25, 0.3) is 0 Å². The summed E-state index contributed by atoms with van der Waals surface area (Å²) in [5.74, 6) is 0. The third kappa shape index (κ3) is 3.71. The lowest BCUT2D eigenvalue weighted by Gasteiger charge is -2.33. The summed E-state index contributed by atoms with van der Waals surface area (Å²) in [7, 11) is 0. The van der Waals surface area contributed by atoms with Gasteiger partial charge in [0.25, 0.3) is 0 Å². The number of hydrogen-bond donors (Lipinski definition) is 1. The van der Waals surface area contributed by atoms with Crippen LogP contribution in [-0.2, 0) is 4.74 Å². The molecule has 1 aromatic rings. The van der Waals surface area contributed by atoms with E-state index in [-0.39, 0.29) is 0 Å². The van der Waals surface area contributed by atoms with Crippen molar-refractivity contribution in [3.05, 3.63) is 29.8 Å². The molecule has 0 bridgehead atoms. The van der Waals surface area contributed by atoms with Crippen LogP contribution in [0.3, 0.4) is 0 Å². The first kappa shape index (κ1) is 14.4. The summed E-state index contributed by atoms with van der Waals surface area (Å²) in [5.41, 5.74) is 2.69. The van der Waals surface area contributed by atoms with Gasteiger partial charge in [-0.05, 0) is 37.6 Å². The summed E-state index contributed by atoms with van der Waals surface area (Å²) >= 11 is 0. The lowest BCUT2D eigenvalue weighted by Crippen LogP contribution is -2.41. The molecule has 0 spiro atoms. The molecule has 0 aliphatic carbocycles. The zero-order chi connectivity index (χ0) is 13.7. The fourth-order valence-corrected chi connectivity index (χ4v) is 2.71. The molecule has 0 radical (unpaired) electrons. The van der Waals surface area contributed by atoms with E-state index in [9.17, 15) is 0 Å². The molecule has 106 valence electrons. The molecule has 1 aliphatic rings. The van der Waals surface area contributed by atoms with Crippen LogP contribution in [0, 0.1) is 0 Å². The number of ether oxygens (including phenoxy) is 1. The Morgan fingerprint density at radius 1 is 1.32 bits per heavy atom. The number of hydrogen-bond acceptors (Lipinski definition) is 3. The highest BCUT2D eigenvalue weighted by Crippen LogP contribution is 2.22. The second-order valence-corrected chi connectivity index (χ2v) is 5.24. The summed E-state index contributed by atoms with van der Waals surface area (Å²) in [6.45, 7) is 10.4. The molecule has 3 heteroatoms. The zero-order valence-corrected chi connectivity index (χ0v) is 12.4. The summed E-state index contributed by atoms with van der Waals surface area (Å²) in [6.07, 6.45) is 1.46. The molecule has 19 heavy (non-hydrogen) atoms. The predicted molar refractivity (Wildman–Crippen MR) is 80.8 cm³/mol. The molecule has 1 aromatic carbocycles. The number of rotatable bonds is 5. The van der Waals surface area contributed by atoms with Crippen LogP contribution in [-0.4, -0.2) is 32.3 Å². The fraction of sp³-hybridized carbons (Fsp3) is 0.625. The fourth-order valence-electron chi connectivity index (χ4n) is 2.71. The topological polar surface area (TPSA) is 24.5 Å². The van der Waals surface area contributed by atoms with E-state index in [0.29, 0.717) is 12.1 Å². The van der Waals surface area contributed by atoms with Gasteiger partial charge in [0.15, 0.2) is 0 Å². The molecule has 1 aliphatic heterocycles. The van der Waals surface area contributed by atoms with Crippen LogP contribution in [0.15, 0.2) is 24.3 Å². The highest BCUT2D eigenvalue weighted by atomic mass is 16.5. The van der Waals surface area contributed by atoms with Crippen LogP contribution in [0.5, 0.6) is 0 Å². The Morgan fingerprint density at radius 3 is 2.63 bits per heavy atom. The largest absolute Gasteiger partial charge is 0.375 e. The SMILES string of the molecule is CCNC(CC)c1ccc(N2CCOC(C)C2)cc1. The average Bonchev–Trinajstić information content (AvgIpc) is 2.45. The number of benzene rings is 1. The van der Waals surface area contributed by atoms with E-state index in [0.717, 1.165) is 32.7 Å². The summed E-state index contributed by atoms with van der Waals surface area (Å²) in [6, 6.07) is 9.47. The molecule has 2 atom stereocenters. The molecule has 0 saturated carbocycles. The Hall–Kier alpha value is -1.06. The molecule has 1 saturated heterocycles. The van der Waals surface area contributed by atoms with Gasteiger partial charge in [-0.15, -0.1) is 0 Å². The second-order valence-electron chi connectivity index (χ2n) is 5.24. The lowest BCUT2D eigenvalue weighted by molar-refractivity contribution is 0.0532. The summed E-state index contributed by atoms with van der Waals surface area (Å²) < 4.78 is 5.59. The van der Waals surface area contributed by atoms with Crippen molar-refractivity contribution in [1.29, 1.82) is 0 Å². The van der Waals surface area contributed by atoms with Crippen molar-refractivity contribution in [2.75, 3.05) is 31.1 Å². The Bertz CT molecular complexity index is 377. The normalized spacial score (nSPS) is 21.4. The van der Waals surface area contributed by atoms with E-state index in [4.69, 9.17) is 4.74 Å². The van der Waals surface area contributed by atoms with Gasteiger partial charge in [0.1, 0.15) is 0 Å². The molecule has 3 nitrogen and oxygen atoms in total. The standard InChI is InChI=1S/C16H26N2O/c1-4-16(17-5-2)14-6-8-15(9-7-14)18-10-11-19-13(3)12-18/h6-9,13,16-17H,4-5,10-12H2,1-3H3. The molecule has 0 amide bonds. The van der Waals surface area contributed by atoms with Crippen molar-refractivity contribution in [3.8, 4) is 0 Å². The van der Waals surface area contributed by atoms with Crippen molar-refractivity contribution < 1.29 is 4.74 Å². The van der Waals surface area contributed by atoms with E-state index < -0.39 is 0 Å². The van der Waals surface area contributed by atoms with Gasteiger partial charge < -0.3 is 15.0 Å². The maximum absolute atomic E-state index is 5.59. The molecule has 1 fully saturated rings. The highest BCUT2D eigenvalue weighted by molar-refractivity contribution is 5.48. The van der Waals surface area contributed by atoms with Crippen LogP contribution in [0.2, 0.25) is 0 Å². The number of nitrogens with zero attached hydrogens (tertiary/aromatic N) is 1. The predicted octanol–water partition coefficient (Wildman–Crippen LogP) is 2.97. The van der Waals surface area contributed by atoms with Gasteiger partial charge in [-0.2, -0.15) is 0 Å². The number of nitrogens with one attached hydrogen (secondary N) is 1. The van der Waals surface area contributed by atoms with Gasteiger partial charge in [-0.1, -0.05) is 26.0 Å². The second kappa shape index (κ2) is 6.92. The van der Waals surface area contributed by atoms with Crippen LogP contribution < -0.4 is 10.2 Å². The van der Waals surface area contributed by atoms with E-state index in [2.05, 4.69) is 55.3 Å². The maximum Gasteiger partial charge on any atom is 0.0722 e. The van der Waals surface area contributed by atoms with Crippen molar-refractivity contribution in [2.45, 2.75) is 39.3 Å². The molecule has 2 unspecified atom stereocenters. The van der Waals surface area contributed by atoms with Gasteiger partial charge in [0, 0.05) is 24.8 Å². The molecular formula is C16H26N2O. The minimum Gasteiger partial charge on any atom is -0.375 e. The first-order chi connectivity index (χ1) is 9.24. The van der Waals surface area contributed by atoms with Crippen molar-refractivity contribution >= 4 is 5.69 Å². The Balaban J connectivity index is 2.04.